The Morgan fingerprint density at radius 3 is 2.57 bits per heavy atom. The predicted octanol–water partition coefficient (Wildman–Crippen LogP) is 6.36. The molecule has 5 aromatic rings. The van der Waals surface area contributed by atoms with Crippen molar-refractivity contribution in [2.45, 2.75) is 6.04 Å². The van der Waals surface area contributed by atoms with Crippen molar-refractivity contribution in [3.05, 3.63) is 113 Å². The van der Waals surface area contributed by atoms with Crippen LogP contribution in [0, 0.1) is 0 Å². The maximum absolute atomic E-state index is 13.8. The summed E-state index contributed by atoms with van der Waals surface area (Å²) < 4.78 is 7.75. The Bertz CT molecular complexity index is 1660. The highest BCUT2D eigenvalue weighted by Gasteiger charge is 2.46. The Labute approximate surface area is 205 Å². The van der Waals surface area contributed by atoms with Crippen LogP contribution in [0.4, 0.5) is 5.69 Å². The molecule has 0 saturated carbocycles. The summed E-state index contributed by atoms with van der Waals surface area (Å²) in [6.45, 7) is 0. The third-order valence-corrected chi connectivity index (χ3v) is 6.65. The number of anilines is 1. The number of aryl methyl sites for hydroxylation is 1. The topological polar surface area (TPSA) is 75.7 Å². The number of halogens is 1. The normalized spacial score (nSPS) is 16.1. The molecule has 0 fully saturated rings. The number of hydrogen-bond acceptors (Lipinski definition) is 4. The van der Waals surface area contributed by atoms with E-state index in [1.54, 1.807) is 36.4 Å². The van der Waals surface area contributed by atoms with Crippen molar-refractivity contribution < 1.29 is 19.1 Å². The van der Waals surface area contributed by atoms with E-state index in [1.807, 2.05) is 60.3 Å². The molecule has 6 nitrogen and oxygen atoms in total. The highest BCUT2D eigenvalue weighted by atomic mass is 35.5. The van der Waals surface area contributed by atoms with E-state index in [0.29, 0.717) is 21.9 Å². The molecule has 1 aliphatic rings. The SMILES string of the molecule is Cn1cc(C2C(C(=O)c3cc4ccccc4o3)=C(O)C(=O)N2c2cccc(Cl)c2)c2ccccc21. The van der Waals surface area contributed by atoms with Crippen molar-refractivity contribution in [3.8, 4) is 0 Å². The lowest BCUT2D eigenvalue weighted by atomic mass is 9.94. The summed E-state index contributed by atoms with van der Waals surface area (Å²) in [5, 5.41) is 13.1. The second-order valence-electron chi connectivity index (χ2n) is 8.51. The maximum Gasteiger partial charge on any atom is 0.294 e. The summed E-state index contributed by atoms with van der Waals surface area (Å²) in [4.78, 5) is 28.7. The van der Waals surface area contributed by atoms with E-state index in [0.717, 1.165) is 16.3 Å². The molecular formula is C28H19ClN2O4. The van der Waals surface area contributed by atoms with E-state index < -0.39 is 23.5 Å². The molecular weight excluding hydrogens is 464 g/mol. The largest absolute Gasteiger partial charge is 0.503 e. The van der Waals surface area contributed by atoms with Crippen molar-refractivity contribution in [3.63, 3.8) is 0 Å². The summed E-state index contributed by atoms with van der Waals surface area (Å²) in [5.41, 5.74) is 2.63. The first-order valence-electron chi connectivity index (χ1n) is 11.0. The zero-order valence-electron chi connectivity index (χ0n) is 18.6. The summed E-state index contributed by atoms with van der Waals surface area (Å²) >= 11 is 6.24. The van der Waals surface area contributed by atoms with Crippen molar-refractivity contribution >= 4 is 50.9 Å². The highest BCUT2D eigenvalue weighted by Crippen LogP contribution is 2.45. The van der Waals surface area contributed by atoms with E-state index in [9.17, 15) is 14.7 Å². The van der Waals surface area contributed by atoms with E-state index in [2.05, 4.69) is 0 Å². The van der Waals surface area contributed by atoms with Crippen LogP contribution in [-0.2, 0) is 11.8 Å². The van der Waals surface area contributed by atoms with E-state index in [4.69, 9.17) is 16.0 Å². The van der Waals surface area contributed by atoms with Gasteiger partial charge in [0.25, 0.3) is 5.91 Å². The van der Waals surface area contributed by atoms with Crippen molar-refractivity contribution in [1.82, 2.24) is 4.57 Å². The summed E-state index contributed by atoms with van der Waals surface area (Å²) in [7, 11) is 1.90. The first kappa shape index (κ1) is 21.3. The molecule has 1 unspecified atom stereocenters. The standard InChI is InChI=1S/C28H19ClN2O4/c1-30-15-20(19-10-3-4-11-21(19)30)25-24(26(32)23-13-16-7-2-5-12-22(16)35-23)27(33)28(34)31(25)18-9-6-8-17(29)14-18/h2-15,25,33H,1H3. The van der Waals surface area contributed by atoms with Crippen LogP contribution in [0.3, 0.4) is 0 Å². The molecule has 0 radical (unpaired) electrons. The van der Waals surface area contributed by atoms with Gasteiger partial charge < -0.3 is 14.1 Å². The van der Waals surface area contributed by atoms with Crippen LogP contribution in [0.15, 0.2) is 101 Å². The van der Waals surface area contributed by atoms with Gasteiger partial charge in [-0.15, -0.1) is 0 Å². The number of aromatic nitrogens is 1. The summed E-state index contributed by atoms with van der Waals surface area (Å²) in [5.74, 6) is -1.77. The fourth-order valence-corrected chi connectivity index (χ4v) is 5.03. The number of fused-ring (bicyclic) bond motifs is 2. The number of rotatable bonds is 4. The lowest BCUT2D eigenvalue weighted by Gasteiger charge is -2.26. The summed E-state index contributed by atoms with van der Waals surface area (Å²) in [6.07, 6.45) is 1.88. The molecule has 3 heterocycles. The third kappa shape index (κ3) is 3.26. The minimum absolute atomic E-state index is 0.0367. The van der Waals surface area contributed by atoms with Crippen LogP contribution in [-0.4, -0.2) is 21.4 Å². The minimum Gasteiger partial charge on any atom is -0.503 e. The molecule has 6 rings (SSSR count). The fraction of sp³-hybridized carbons (Fsp3) is 0.0714. The van der Waals surface area contributed by atoms with Gasteiger partial charge in [-0.3, -0.25) is 14.5 Å². The number of furan rings is 1. The number of para-hydroxylation sites is 2. The number of nitrogens with zero attached hydrogens (tertiary/aromatic N) is 2. The monoisotopic (exact) mass is 482 g/mol. The molecule has 35 heavy (non-hydrogen) atoms. The van der Waals surface area contributed by atoms with E-state index in [-0.39, 0.29) is 11.3 Å². The highest BCUT2D eigenvalue weighted by molar-refractivity contribution is 6.31. The molecule has 3 aromatic carbocycles. The molecule has 0 spiro atoms. The van der Waals surface area contributed by atoms with Gasteiger partial charge in [0.2, 0.25) is 5.78 Å². The quantitative estimate of drug-likeness (QED) is 0.302. The number of carbonyl (C=O) groups excluding carboxylic acids is 2. The number of aliphatic hydroxyl groups excluding tert-OH is 1. The number of ketones is 1. The number of carbonyl (C=O) groups is 2. The number of hydrogen-bond donors (Lipinski definition) is 1. The average Bonchev–Trinajstić information content (AvgIpc) is 3.51. The predicted molar refractivity (Wildman–Crippen MR) is 135 cm³/mol. The molecule has 1 atom stereocenters. The molecule has 1 N–H and O–H groups in total. The van der Waals surface area contributed by atoms with Gasteiger partial charge in [-0.25, -0.2) is 0 Å². The average molecular weight is 483 g/mol. The van der Waals surface area contributed by atoms with Crippen molar-refractivity contribution in [2.75, 3.05) is 4.90 Å². The Kier molecular flexibility index (Phi) is 4.79. The van der Waals surface area contributed by atoms with Crippen LogP contribution < -0.4 is 4.90 Å². The molecule has 1 amide bonds. The first-order valence-corrected chi connectivity index (χ1v) is 11.4. The van der Waals surface area contributed by atoms with Gasteiger partial charge in [0.15, 0.2) is 11.5 Å². The smallest absolute Gasteiger partial charge is 0.294 e. The molecule has 2 aromatic heterocycles. The lowest BCUT2D eigenvalue weighted by molar-refractivity contribution is -0.117. The van der Waals surface area contributed by atoms with Crippen LogP contribution in [0.25, 0.3) is 21.9 Å². The van der Waals surface area contributed by atoms with Gasteiger partial charge in [-0.05, 0) is 36.4 Å². The van der Waals surface area contributed by atoms with Crippen molar-refractivity contribution in [1.29, 1.82) is 0 Å². The molecule has 0 saturated heterocycles. The van der Waals surface area contributed by atoms with E-state index in [1.165, 1.54) is 4.90 Å². The Hall–Kier alpha value is -4.29. The van der Waals surface area contributed by atoms with Crippen LogP contribution in [0.5, 0.6) is 0 Å². The molecule has 172 valence electrons. The first-order chi connectivity index (χ1) is 16.9. The van der Waals surface area contributed by atoms with Gasteiger partial charge in [-0.2, -0.15) is 0 Å². The fourth-order valence-electron chi connectivity index (χ4n) is 4.84. The Balaban J connectivity index is 1.58. The third-order valence-electron chi connectivity index (χ3n) is 6.41. The molecule has 7 heteroatoms. The zero-order valence-corrected chi connectivity index (χ0v) is 19.4. The molecule has 0 aliphatic carbocycles. The Morgan fingerprint density at radius 2 is 1.77 bits per heavy atom. The minimum atomic E-state index is -0.882. The second-order valence-corrected chi connectivity index (χ2v) is 8.95. The number of amides is 1. The van der Waals surface area contributed by atoms with E-state index >= 15 is 0 Å². The molecule has 0 bridgehead atoms. The second kappa shape index (κ2) is 7.89. The zero-order chi connectivity index (χ0) is 24.3. The van der Waals surface area contributed by atoms with Gasteiger partial charge in [-0.1, -0.05) is 54.1 Å². The van der Waals surface area contributed by atoms with Gasteiger partial charge in [0.1, 0.15) is 5.58 Å². The lowest BCUT2D eigenvalue weighted by Crippen LogP contribution is -2.31. The number of aliphatic hydroxyl groups is 1. The van der Waals surface area contributed by atoms with Crippen molar-refractivity contribution in [2.24, 2.45) is 7.05 Å². The van der Waals surface area contributed by atoms with Gasteiger partial charge >= 0.3 is 0 Å². The number of benzene rings is 3. The van der Waals surface area contributed by atoms with Gasteiger partial charge in [0, 0.05) is 45.8 Å². The summed E-state index contributed by atoms with van der Waals surface area (Å²) in [6, 6.07) is 22.5. The molecule has 1 aliphatic heterocycles. The maximum atomic E-state index is 13.8. The number of Topliss-reactive ketones (excluding diaryl/α,β-unsaturated/α-hetero) is 1. The van der Waals surface area contributed by atoms with Crippen LogP contribution >= 0.6 is 11.6 Å². The van der Waals surface area contributed by atoms with Gasteiger partial charge in [0.05, 0.1) is 11.6 Å². The van der Waals surface area contributed by atoms with Crippen LogP contribution in [0.1, 0.15) is 22.2 Å². The van der Waals surface area contributed by atoms with Crippen LogP contribution in [0.2, 0.25) is 5.02 Å². The Morgan fingerprint density at radius 1 is 1.00 bits per heavy atom.